The van der Waals surface area contributed by atoms with Crippen molar-refractivity contribution in [2.45, 2.75) is 25.9 Å². The summed E-state index contributed by atoms with van der Waals surface area (Å²) in [5.41, 5.74) is 3.87. The maximum atomic E-state index is 12.5. The average molecular weight is 429 g/mol. The maximum Gasteiger partial charge on any atom is 0.223 e. The second kappa shape index (κ2) is 11.3. The highest BCUT2D eigenvalue weighted by Gasteiger charge is 2.21. The molecule has 0 spiro atoms. The minimum atomic E-state index is 0. The van der Waals surface area contributed by atoms with Crippen LogP contribution in [-0.2, 0) is 17.9 Å². The number of para-hydroxylation sites is 1. The van der Waals surface area contributed by atoms with Crippen LogP contribution in [0.3, 0.4) is 0 Å². The highest BCUT2D eigenvalue weighted by atomic mass is 35.5. The van der Waals surface area contributed by atoms with Gasteiger partial charge in [-0.25, -0.2) is 0 Å². The van der Waals surface area contributed by atoms with Gasteiger partial charge < -0.3 is 15.5 Å². The van der Waals surface area contributed by atoms with E-state index in [1.165, 1.54) is 16.8 Å². The highest BCUT2D eigenvalue weighted by Crippen LogP contribution is 2.18. The fourth-order valence-electron chi connectivity index (χ4n) is 4.34. The topological polar surface area (TPSA) is 47.6 Å². The van der Waals surface area contributed by atoms with E-state index in [-0.39, 0.29) is 24.2 Å². The Morgan fingerprint density at radius 3 is 2.23 bits per heavy atom. The van der Waals surface area contributed by atoms with Crippen LogP contribution >= 0.6 is 12.4 Å². The molecule has 4 rings (SSSR count). The minimum Gasteiger partial charge on any atom is -0.369 e. The zero-order chi connectivity index (χ0) is 19.9. The van der Waals surface area contributed by atoms with Gasteiger partial charge >= 0.3 is 0 Å². The van der Waals surface area contributed by atoms with Crippen LogP contribution in [0.25, 0.3) is 0 Å². The predicted octanol–water partition coefficient (Wildman–Crippen LogP) is 3.05. The number of hydrogen-bond acceptors (Lipinski definition) is 4. The Kier molecular flexibility index (Phi) is 8.55. The van der Waals surface area contributed by atoms with Crippen molar-refractivity contribution in [3.05, 3.63) is 65.7 Å². The molecule has 2 aromatic carbocycles. The van der Waals surface area contributed by atoms with Crippen molar-refractivity contribution < 1.29 is 4.79 Å². The number of piperidine rings is 1. The molecule has 2 aromatic rings. The van der Waals surface area contributed by atoms with Gasteiger partial charge in [-0.05, 0) is 49.2 Å². The largest absolute Gasteiger partial charge is 0.369 e. The molecule has 2 N–H and O–H groups in total. The number of halogens is 1. The van der Waals surface area contributed by atoms with Crippen LogP contribution in [0.15, 0.2) is 54.6 Å². The monoisotopic (exact) mass is 428 g/mol. The molecule has 2 aliphatic heterocycles. The van der Waals surface area contributed by atoms with E-state index in [9.17, 15) is 4.79 Å². The van der Waals surface area contributed by atoms with E-state index in [1.807, 2.05) is 0 Å². The van der Waals surface area contributed by atoms with E-state index in [2.05, 4.69) is 75.0 Å². The summed E-state index contributed by atoms with van der Waals surface area (Å²) in [6.45, 7) is 7.70. The second-order valence-corrected chi connectivity index (χ2v) is 8.11. The van der Waals surface area contributed by atoms with E-state index in [4.69, 9.17) is 0 Å². The lowest BCUT2D eigenvalue weighted by molar-refractivity contribution is -0.125. The third kappa shape index (κ3) is 5.97. The molecule has 2 saturated heterocycles. The first-order chi connectivity index (χ1) is 14.3. The molecule has 0 aromatic heterocycles. The summed E-state index contributed by atoms with van der Waals surface area (Å²) in [5.74, 6) is 0.368. The van der Waals surface area contributed by atoms with Gasteiger partial charge in [0.05, 0.1) is 0 Å². The first-order valence-corrected chi connectivity index (χ1v) is 10.9. The Labute approximate surface area is 186 Å². The lowest BCUT2D eigenvalue weighted by Crippen LogP contribution is -2.46. The summed E-state index contributed by atoms with van der Waals surface area (Å²) in [6.07, 6.45) is 1.89. The average Bonchev–Trinajstić information content (AvgIpc) is 2.80. The van der Waals surface area contributed by atoms with Gasteiger partial charge in [0.15, 0.2) is 0 Å². The molecule has 0 radical (unpaired) electrons. The van der Waals surface area contributed by atoms with Crippen molar-refractivity contribution in [1.29, 1.82) is 0 Å². The van der Waals surface area contributed by atoms with Crippen molar-refractivity contribution >= 4 is 24.0 Å². The van der Waals surface area contributed by atoms with E-state index in [0.29, 0.717) is 6.54 Å². The lowest BCUT2D eigenvalue weighted by atomic mass is 9.97. The van der Waals surface area contributed by atoms with Crippen LogP contribution in [0.4, 0.5) is 5.69 Å². The third-order valence-electron chi connectivity index (χ3n) is 6.17. The molecule has 5 nitrogen and oxygen atoms in total. The number of piperazine rings is 1. The molecule has 1 amide bonds. The van der Waals surface area contributed by atoms with Gasteiger partial charge in [-0.3, -0.25) is 9.69 Å². The fourth-order valence-corrected chi connectivity index (χ4v) is 4.34. The number of anilines is 1. The van der Waals surface area contributed by atoms with Crippen molar-refractivity contribution in [2.75, 3.05) is 44.2 Å². The van der Waals surface area contributed by atoms with Crippen molar-refractivity contribution in [1.82, 2.24) is 15.5 Å². The Balaban J connectivity index is 0.00000256. The molecule has 0 bridgehead atoms. The Hall–Kier alpha value is -2.08. The molecule has 30 heavy (non-hydrogen) atoms. The maximum absolute atomic E-state index is 12.5. The molecule has 162 valence electrons. The summed E-state index contributed by atoms with van der Waals surface area (Å²) in [7, 11) is 0. The minimum absolute atomic E-state index is 0. The van der Waals surface area contributed by atoms with E-state index in [0.717, 1.165) is 58.7 Å². The fraction of sp³-hybridized carbons (Fsp3) is 0.458. The molecule has 0 unspecified atom stereocenters. The molecule has 0 aliphatic carbocycles. The molecule has 0 atom stereocenters. The number of amides is 1. The van der Waals surface area contributed by atoms with Gasteiger partial charge in [-0.1, -0.05) is 42.5 Å². The first kappa shape index (κ1) is 22.6. The van der Waals surface area contributed by atoms with Crippen LogP contribution < -0.4 is 15.5 Å². The molecule has 0 saturated carbocycles. The van der Waals surface area contributed by atoms with Gasteiger partial charge in [0.1, 0.15) is 0 Å². The summed E-state index contributed by atoms with van der Waals surface area (Å²) in [5, 5.41) is 6.50. The van der Waals surface area contributed by atoms with Crippen LogP contribution in [0, 0.1) is 5.92 Å². The van der Waals surface area contributed by atoms with Crippen molar-refractivity contribution in [3.8, 4) is 0 Å². The Morgan fingerprint density at radius 1 is 0.900 bits per heavy atom. The zero-order valence-corrected chi connectivity index (χ0v) is 18.4. The van der Waals surface area contributed by atoms with Gasteiger partial charge in [-0.2, -0.15) is 0 Å². The van der Waals surface area contributed by atoms with E-state index >= 15 is 0 Å². The summed E-state index contributed by atoms with van der Waals surface area (Å²) < 4.78 is 0. The van der Waals surface area contributed by atoms with Crippen LogP contribution in [0.1, 0.15) is 24.0 Å². The number of carbonyl (C=O) groups is 1. The number of hydrogen-bond donors (Lipinski definition) is 2. The van der Waals surface area contributed by atoms with Gasteiger partial charge in [0.25, 0.3) is 0 Å². The van der Waals surface area contributed by atoms with Gasteiger partial charge in [0.2, 0.25) is 5.91 Å². The smallest absolute Gasteiger partial charge is 0.223 e. The number of carbonyl (C=O) groups excluding carboxylic acids is 1. The summed E-state index contributed by atoms with van der Waals surface area (Å²) in [4.78, 5) is 17.5. The number of benzene rings is 2. The normalized spacial score (nSPS) is 17.9. The summed E-state index contributed by atoms with van der Waals surface area (Å²) >= 11 is 0. The quantitative estimate of drug-likeness (QED) is 0.742. The van der Waals surface area contributed by atoms with Crippen LogP contribution in [-0.4, -0.2) is 50.1 Å². The third-order valence-corrected chi connectivity index (χ3v) is 6.17. The van der Waals surface area contributed by atoms with Crippen LogP contribution in [0.5, 0.6) is 0 Å². The molecule has 6 heteroatoms. The standard InChI is InChI=1S/C24H32N4O.ClH/c29-24(20-10-12-25-13-11-20)26-18-21-6-4-5-7-22(21)19-27-14-16-28(17-15-27)23-8-2-1-3-9-23;/h1-9,20,25H,10-19H2,(H,26,29);1H. The highest BCUT2D eigenvalue weighted by molar-refractivity contribution is 5.85. The Bertz CT molecular complexity index is 787. The number of nitrogens with zero attached hydrogens (tertiary/aromatic N) is 2. The molecular formula is C24H33ClN4O. The zero-order valence-electron chi connectivity index (χ0n) is 17.6. The molecule has 2 fully saturated rings. The van der Waals surface area contributed by atoms with E-state index < -0.39 is 0 Å². The summed E-state index contributed by atoms with van der Waals surface area (Å²) in [6, 6.07) is 19.2. The SMILES string of the molecule is Cl.O=C(NCc1ccccc1CN1CCN(c2ccccc2)CC1)C1CCNCC1. The van der Waals surface area contributed by atoms with Crippen molar-refractivity contribution in [3.63, 3.8) is 0 Å². The van der Waals surface area contributed by atoms with Gasteiger partial charge in [0, 0.05) is 50.9 Å². The van der Waals surface area contributed by atoms with Crippen molar-refractivity contribution in [2.24, 2.45) is 5.92 Å². The first-order valence-electron chi connectivity index (χ1n) is 10.9. The Morgan fingerprint density at radius 2 is 1.53 bits per heavy atom. The van der Waals surface area contributed by atoms with Gasteiger partial charge in [-0.15, -0.1) is 12.4 Å². The number of nitrogens with one attached hydrogen (secondary N) is 2. The predicted molar refractivity (Wildman–Crippen MR) is 125 cm³/mol. The lowest BCUT2D eigenvalue weighted by Gasteiger charge is -2.36. The molecular weight excluding hydrogens is 396 g/mol. The van der Waals surface area contributed by atoms with E-state index in [1.54, 1.807) is 0 Å². The number of rotatable bonds is 6. The van der Waals surface area contributed by atoms with Crippen LogP contribution in [0.2, 0.25) is 0 Å². The molecule has 2 aliphatic rings. The second-order valence-electron chi connectivity index (χ2n) is 8.11. The molecule has 2 heterocycles.